The summed E-state index contributed by atoms with van der Waals surface area (Å²) in [6, 6.07) is 4.97. The molecule has 15 heavy (non-hydrogen) atoms. The van der Waals surface area contributed by atoms with Crippen LogP contribution in [-0.2, 0) is 6.42 Å². The fraction of sp³-hybridized carbons (Fsp3) is 0.538. The molecule has 1 aromatic rings. The van der Waals surface area contributed by atoms with Gasteiger partial charge in [-0.2, -0.15) is 0 Å². The van der Waals surface area contributed by atoms with Gasteiger partial charge in [0.1, 0.15) is 0 Å². The standard InChI is InChI=1S/C13H18ClN/c1-9-6-10(2)13(14)8-11(9)7-12-4-3-5-15-12/h6,8,12,15H,3-5,7H2,1-2H3. The van der Waals surface area contributed by atoms with Crippen LogP contribution in [0.25, 0.3) is 0 Å². The van der Waals surface area contributed by atoms with Crippen LogP contribution in [0.4, 0.5) is 0 Å². The Hall–Kier alpha value is -0.530. The van der Waals surface area contributed by atoms with E-state index in [1.165, 1.54) is 36.1 Å². The van der Waals surface area contributed by atoms with Crippen LogP contribution in [0.2, 0.25) is 5.02 Å². The van der Waals surface area contributed by atoms with Gasteiger partial charge in [-0.25, -0.2) is 0 Å². The third-order valence-electron chi connectivity index (χ3n) is 3.25. The minimum Gasteiger partial charge on any atom is -0.314 e. The number of rotatable bonds is 2. The van der Waals surface area contributed by atoms with E-state index in [4.69, 9.17) is 11.6 Å². The highest BCUT2D eigenvalue weighted by molar-refractivity contribution is 6.31. The van der Waals surface area contributed by atoms with E-state index in [1.807, 2.05) is 0 Å². The Labute approximate surface area is 96.8 Å². The fourth-order valence-electron chi connectivity index (χ4n) is 2.28. The molecule has 1 unspecified atom stereocenters. The van der Waals surface area contributed by atoms with Crippen molar-refractivity contribution in [3.05, 3.63) is 33.8 Å². The van der Waals surface area contributed by atoms with Crippen LogP contribution in [0.3, 0.4) is 0 Å². The molecular formula is C13H18ClN. The molecule has 2 heteroatoms. The quantitative estimate of drug-likeness (QED) is 0.812. The van der Waals surface area contributed by atoms with Gasteiger partial charge in [0.2, 0.25) is 0 Å². The van der Waals surface area contributed by atoms with Crippen LogP contribution in [0.15, 0.2) is 12.1 Å². The molecular weight excluding hydrogens is 206 g/mol. The molecule has 0 radical (unpaired) electrons. The molecule has 82 valence electrons. The van der Waals surface area contributed by atoms with E-state index >= 15 is 0 Å². The molecule has 0 amide bonds. The topological polar surface area (TPSA) is 12.0 Å². The number of nitrogens with one attached hydrogen (secondary N) is 1. The summed E-state index contributed by atoms with van der Waals surface area (Å²) in [5.41, 5.74) is 3.94. The van der Waals surface area contributed by atoms with Crippen LogP contribution in [0.1, 0.15) is 29.5 Å². The van der Waals surface area contributed by atoms with Crippen molar-refractivity contribution in [1.82, 2.24) is 5.32 Å². The van der Waals surface area contributed by atoms with E-state index in [0.717, 1.165) is 11.4 Å². The van der Waals surface area contributed by atoms with Crippen molar-refractivity contribution >= 4 is 11.6 Å². The summed E-state index contributed by atoms with van der Waals surface area (Å²) in [7, 11) is 0. The van der Waals surface area contributed by atoms with Crippen molar-refractivity contribution in [3.8, 4) is 0 Å². The molecule has 0 bridgehead atoms. The molecule has 1 saturated heterocycles. The summed E-state index contributed by atoms with van der Waals surface area (Å²) in [4.78, 5) is 0. The van der Waals surface area contributed by atoms with Crippen molar-refractivity contribution in [2.24, 2.45) is 0 Å². The van der Waals surface area contributed by atoms with Gasteiger partial charge in [-0.1, -0.05) is 17.7 Å². The molecule has 1 aliphatic heterocycles. The van der Waals surface area contributed by atoms with Gasteiger partial charge >= 0.3 is 0 Å². The Morgan fingerprint density at radius 1 is 1.33 bits per heavy atom. The van der Waals surface area contributed by atoms with Crippen LogP contribution >= 0.6 is 11.6 Å². The van der Waals surface area contributed by atoms with Gasteiger partial charge in [-0.15, -0.1) is 0 Å². The zero-order valence-corrected chi connectivity index (χ0v) is 10.2. The normalized spacial score (nSPS) is 20.9. The molecule has 0 aromatic heterocycles. The predicted octanol–water partition coefficient (Wildman–Crippen LogP) is 3.25. The van der Waals surface area contributed by atoms with E-state index < -0.39 is 0 Å². The third-order valence-corrected chi connectivity index (χ3v) is 3.65. The van der Waals surface area contributed by atoms with Gasteiger partial charge in [0.05, 0.1) is 0 Å². The predicted molar refractivity (Wildman–Crippen MR) is 65.7 cm³/mol. The summed E-state index contributed by atoms with van der Waals surface area (Å²) >= 11 is 6.15. The zero-order chi connectivity index (χ0) is 10.8. The van der Waals surface area contributed by atoms with Crippen molar-refractivity contribution in [2.75, 3.05) is 6.54 Å². The Kier molecular flexibility index (Phi) is 3.32. The Morgan fingerprint density at radius 3 is 2.80 bits per heavy atom. The number of halogens is 1. The molecule has 0 saturated carbocycles. The van der Waals surface area contributed by atoms with Gasteiger partial charge in [0.25, 0.3) is 0 Å². The minimum atomic E-state index is 0.655. The van der Waals surface area contributed by atoms with Gasteiger partial charge in [-0.3, -0.25) is 0 Å². The lowest BCUT2D eigenvalue weighted by Crippen LogP contribution is -2.24. The zero-order valence-electron chi connectivity index (χ0n) is 9.44. The maximum atomic E-state index is 6.15. The van der Waals surface area contributed by atoms with Crippen LogP contribution < -0.4 is 5.32 Å². The van der Waals surface area contributed by atoms with Gasteiger partial charge in [0, 0.05) is 11.1 Å². The molecule has 1 fully saturated rings. The smallest absolute Gasteiger partial charge is 0.0438 e. The summed E-state index contributed by atoms with van der Waals surface area (Å²) in [6.07, 6.45) is 3.72. The Morgan fingerprint density at radius 2 is 2.13 bits per heavy atom. The Balaban J connectivity index is 2.16. The lowest BCUT2D eigenvalue weighted by atomic mass is 9.98. The minimum absolute atomic E-state index is 0.655. The van der Waals surface area contributed by atoms with Crippen molar-refractivity contribution in [1.29, 1.82) is 0 Å². The first kappa shape index (κ1) is 11.0. The number of hydrogen-bond acceptors (Lipinski definition) is 1. The fourth-order valence-corrected chi connectivity index (χ4v) is 2.47. The first-order valence-corrected chi connectivity index (χ1v) is 6.03. The SMILES string of the molecule is Cc1cc(C)c(CC2CCCN2)cc1Cl. The average Bonchev–Trinajstić information content (AvgIpc) is 2.67. The van der Waals surface area contributed by atoms with E-state index in [-0.39, 0.29) is 0 Å². The largest absolute Gasteiger partial charge is 0.314 e. The monoisotopic (exact) mass is 223 g/mol. The van der Waals surface area contributed by atoms with Crippen molar-refractivity contribution < 1.29 is 0 Å². The van der Waals surface area contributed by atoms with E-state index in [2.05, 4.69) is 31.3 Å². The van der Waals surface area contributed by atoms with Crippen molar-refractivity contribution in [2.45, 2.75) is 39.2 Å². The van der Waals surface area contributed by atoms with Crippen LogP contribution in [0, 0.1) is 13.8 Å². The first-order chi connectivity index (χ1) is 7.16. The molecule has 1 aromatic carbocycles. The maximum Gasteiger partial charge on any atom is 0.0438 e. The average molecular weight is 224 g/mol. The highest BCUT2D eigenvalue weighted by Gasteiger charge is 2.15. The summed E-state index contributed by atoms with van der Waals surface area (Å²) in [5.74, 6) is 0. The number of benzene rings is 1. The van der Waals surface area contributed by atoms with Gasteiger partial charge in [-0.05, 0) is 62.4 Å². The highest BCUT2D eigenvalue weighted by Crippen LogP contribution is 2.23. The highest BCUT2D eigenvalue weighted by atomic mass is 35.5. The number of hydrogen-bond donors (Lipinski definition) is 1. The maximum absolute atomic E-state index is 6.15. The lowest BCUT2D eigenvalue weighted by molar-refractivity contribution is 0.601. The summed E-state index contributed by atoms with van der Waals surface area (Å²) in [5, 5.41) is 4.42. The second-order valence-corrected chi connectivity index (χ2v) is 4.93. The molecule has 0 aliphatic carbocycles. The van der Waals surface area contributed by atoms with E-state index in [1.54, 1.807) is 0 Å². The van der Waals surface area contributed by atoms with Gasteiger partial charge < -0.3 is 5.32 Å². The van der Waals surface area contributed by atoms with Crippen molar-refractivity contribution in [3.63, 3.8) is 0 Å². The Bertz CT molecular complexity index is 354. The lowest BCUT2D eigenvalue weighted by Gasteiger charge is -2.13. The van der Waals surface area contributed by atoms with Gasteiger partial charge in [0.15, 0.2) is 0 Å². The second kappa shape index (κ2) is 4.54. The summed E-state index contributed by atoms with van der Waals surface area (Å²) in [6.45, 7) is 5.41. The molecule has 1 nitrogen and oxygen atoms in total. The first-order valence-electron chi connectivity index (χ1n) is 5.66. The summed E-state index contributed by atoms with van der Waals surface area (Å²) < 4.78 is 0. The molecule has 1 heterocycles. The van der Waals surface area contributed by atoms with Crippen LogP contribution in [-0.4, -0.2) is 12.6 Å². The van der Waals surface area contributed by atoms with Crippen LogP contribution in [0.5, 0.6) is 0 Å². The second-order valence-electron chi connectivity index (χ2n) is 4.53. The molecule has 2 rings (SSSR count). The van der Waals surface area contributed by atoms with E-state index in [0.29, 0.717) is 6.04 Å². The molecule has 1 atom stereocenters. The number of aryl methyl sites for hydroxylation is 2. The molecule has 1 aliphatic rings. The third kappa shape index (κ3) is 2.53. The van der Waals surface area contributed by atoms with E-state index in [9.17, 15) is 0 Å². The molecule has 0 spiro atoms. The molecule has 1 N–H and O–H groups in total.